The molecule has 4 heteroatoms. The first-order valence-electron chi connectivity index (χ1n) is 27.3. The van der Waals surface area contributed by atoms with E-state index in [0.717, 1.165) is 28.7 Å². The summed E-state index contributed by atoms with van der Waals surface area (Å²) >= 11 is 0. The molecule has 10 aromatic rings. The van der Waals surface area contributed by atoms with Crippen LogP contribution in [0.1, 0.15) is 122 Å². The largest absolute Gasteiger partial charge is 0.458 e. The van der Waals surface area contributed by atoms with Crippen molar-refractivity contribution < 1.29 is 9.47 Å². The summed E-state index contributed by atoms with van der Waals surface area (Å²) in [4.78, 5) is 0. The van der Waals surface area contributed by atoms with Gasteiger partial charge in [0.1, 0.15) is 23.0 Å². The van der Waals surface area contributed by atoms with Crippen molar-refractivity contribution in [2.45, 2.75) is 94.3 Å². The second-order valence-electron chi connectivity index (χ2n) is 23.2. The summed E-state index contributed by atoms with van der Waals surface area (Å²) in [6, 6.07) is 63.4. The van der Waals surface area contributed by atoms with Gasteiger partial charge in [-0.1, -0.05) is 135 Å². The normalized spacial score (nSPS) is 20.6. The van der Waals surface area contributed by atoms with Crippen molar-refractivity contribution in [1.29, 1.82) is 0 Å². The van der Waals surface area contributed by atoms with Crippen molar-refractivity contribution in [3.63, 3.8) is 0 Å². The molecule has 0 amide bonds. The van der Waals surface area contributed by atoms with Crippen LogP contribution >= 0.6 is 0 Å². The Labute approximate surface area is 427 Å². The number of hydrogen-bond donors (Lipinski definition) is 0. The fraction of sp³-hybridized carbons (Fsp3) is 0.217. The van der Waals surface area contributed by atoms with Crippen LogP contribution in [-0.2, 0) is 5.41 Å². The second-order valence-corrected chi connectivity index (χ2v) is 23.2. The minimum atomic E-state index is -0.167. The van der Waals surface area contributed by atoms with Gasteiger partial charge in [0.25, 0.3) is 6.71 Å². The van der Waals surface area contributed by atoms with Gasteiger partial charge in [0.05, 0.1) is 16.7 Å². The number of ether oxygens (including phenoxy) is 2. The van der Waals surface area contributed by atoms with E-state index in [4.69, 9.17) is 9.47 Å². The maximum Gasteiger partial charge on any atom is 0.261 e. The summed E-state index contributed by atoms with van der Waals surface area (Å²) in [5.74, 6) is 6.44. The van der Waals surface area contributed by atoms with E-state index in [9.17, 15) is 0 Å². The van der Waals surface area contributed by atoms with Crippen LogP contribution in [0.3, 0.4) is 0 Å². The van der Waals surface area contributed by atoms with Gasteiger partial charge in [0.2, 0.25) is 0 Å². The lowest BCUT2D eigenvalue weighted by Crippen LogP contribution is -2.65. The monoisotopic (exact) mass is 939 g/mol. The summed E-state index contributed by atoms with van der Waals surface area (Å²) in [5, 5.41) is 2.42. The van der Waals surface area contributed by atoms with E-state index in [0.29, 0.717) is 23.7 Å². The van der Waals surface area contributed by atoms with Crippen LogP contribution in [0.15, 0.2) is 170 Å². The molecule has 73 heavy (non-hydrogen) atoms. The van der Waals surface area contributed by atoms with Gasteiger partial charge in [0.15, 0.2) is 0 Å². The molecular formula is C69H54BNO2. The van der Waals surface area contributed by atoms with Crippen molar-refractivity contribution in [3.8, 4) is 73.2 Å². The molecule has 9 aromatic carbocycles. The zero-order valence-electron chi connectivity index (χ0n) is 41.5. The summed E-state index contributed by atoms with van der Waals surface area (Å²) in [6.07, 6.45) is 10.4. The maximum absolute atomic E-state index is 7.63. The number of nitrogens with zero attached hydrogens (tertiary/aromatic N) is 1. The van der Waals surface area contributed by atoms with E-state index < -0.39 is 0 Å². The maximum atomic E-state index is 7.63. The third-order valence-corrected chi connectivity index (χ3v) is 19.2. The van der Waals surface area contributed by atoms with Gasteiger partial charge in [-0.15, -0.1) is 0 Å². The minimum absolute atomic E-state index is 0.0563. The molecule has 0 atom stereocenters. The molecule has 2 saturated carbocycles. The topological polar surface area (TPSA) is 23.4 Å². The van der Waals surface area contributed by atoms with Gasteiger partial charge >= 0.3 is 0 Å². The summed E-state index contributed by atoms with van der Waals surface area (Å²) in [5.41, 5.74) is 26.5. The van der Waals surface area contributed by atoms with Gasteiger partial charge < -0.3 is 14.0 Å². The van der Waals surface area contributed by atoms with Gasteiger partial charge in [-0.05, 0) is 189 Å². The van der Waals surface area contributed by atoms with E-state index >= 15 is 0 Å². The summed E-state index contributed by atoms with van der Waals surface area (Å²) < 4.78 is 17.8. The Morgan fingerprint density at radius 1 is 0.397 bits per heavy atom. The zero-order valence-corrected chi connectivity index (χ0v) is 41.5. The van der Waals surface area contributed by atoms with Crippen molar-refractivity contribution in [2.24, 2.45) is 0 Å². The predicted molar refractivity (Wildman–Crippen MR) is 300 cm³/mol. The van der Waals surface area contributed by atoms with Gasteiger partial charge in [-0.3, -0.25) is 0 Å². The molecule has 0 spiro atoms. The molecule has 4 heterocycles. The molecule has 1 aromatic heterocycles. The first kappa shape index (κ1) is 41.0. The van der Waals surface area contributed by atoms with Crippen molar-refractivity contribution in [3.05, 3.63) is 203 Å². The van der Waals surface area contributed by atoms with Gasteiger partial charge in [0, 0.05) is 44.9 Å². The minimum Gasteiger partial charge on any atom is -0.458 e. The predicted octanol–water partition coefficient (Wildman–Crippen LogP) is 16.3. The number of fused-ring (bicyclic) bond motifs is 7. The number of rotatable bonds is 5. The molecule has 0 unspecified atom stereocenters. The van der Waals surface area contributed by atoms with Gasteiger partial charge in [-0.25, -0.2) is 0 Å². The fourth-order valence-electron chi connectivity index (χ4n) is 16.2. The molecule has 19 rings (SSSR count). The lowest BCUT2D eigenvalue weighted by atomic mass is 9.28. The molecule has 350 valence electrons. The summed E-state index contributed by atoms with van der Waals surface area (Å²) in [7, 11) is 0. The van der Waals surface area contributed by atoms with Crippen molar-refractivity contribution in [2.75, 3.05) is 0 Å². The lowest BCUT2D eigenvalue weighted by molar-refractivity contribution is 0.344. The van der Waals surface area contributed by atoms with Crippen LogP contribution in [-0.4, -0.2) is 11.3 Å². The van der Waals surface area contributed by atoms with E-state index in [1.807, 2.05) is 0 Å². The highest BCUT2D eigenvalue weighted by Crippen LogP contribution is 2.60. The Balaban J connectivity index is 1.00. The molecule has 0 N–H and O–H groups in total. The highest BCUT2D eigenvalue weighted by Gasteiger charge is 2.55. The Hall–Kier alpha value is -7.56. The van der Waals surface area contributed by atoms with Crippen LogP contribution in [0.25, 0.3) is 72.0 Å². The Morgan fingerprint density at radius 3 is 1.18 bits per heavy atom. The first-order valence-corrected chi connectivity index (χ1v) is 27.3. The molecule has 2 fully saturated rings. The van der Waals surface area contributed by atoms with E-state index in [1.54, 1.807) is 33.4 Å². The lowest BCUT2D eigenvalue weighted by Gasteiger charge is -2.52. The molecule has 9 aliphatic rings. The molecule has 0 radical (unpaired) electrons. The molecule has 3 aliphatic heterocycles. The fourth-order valence-corrected chi connectivity index (χ4v) is 16.2. The number of benzene rings is 9. The van der Waals surface area contributed by atoms with Crippen LogP contribution in [0.4, 0.5) is 0 Å². The number of aromatic nitrogens is 1. The molecular weight excluding hydrogens is 886 g/mol. The number of hydrogen-bond acceptors (Lipinski definition) is 2. The highest BCUT2D eigenvalue weighted by atomic mass is 16.5. The highest BCUT2D eigenvalue weighted by molar-refractivity contribution is 6.99. The average Bonchev–Trinajstić information content (AvgIpc) is 3.79. The van der Waals surface area contributed by atoms with Crippen LogP contribution < -0.4 is 25.9 Å². The molecule has 0 saturated heterocycles. The zero-order chi connectivity index (χ0) is 47.8. The van der Waals surface area contributed by atoms with Crippen molar-refractivity contribution in [1.82, 2.24) is 4.57 Å². The molecule has 4 bridgehead atoms. The van der Waals surface area contributed by atoms with Crippen LogP contribution in [0.2, 0.25) is 0 Å². The SMILES string of the molecule is CC1(C)c2c3c(cc4c2C2CCC4CC2)Oc2cc(-n4c5c(-c6ccccc6)cc(-c6ccccc6)cc5c5cc(-c6ccccc6)cc(-c6ccccc6)c54)cc4c2B3c2c(cc3c(c21)C1CCC3CC1)O4. The van der Waals surface area contributed by atoms with Gasteiger partial charge in [-0.2, -0.15) is 0 Å². The van der Waals surface area contributed by atoms with E-state index in [2.05, 4.69) is 188 Å². The standard InChI is InChI=1S/C69H54BNO2/c1-69(2)62-60-45-27-23-43(24-28-45)50(60)37-58-65(62)70-64-56(72-58)35-49(36-57(64)73-59-38-51-44-25-29-46(30-26-44)61(51)63(69)66(59)70)71-67-52(41-19-11-5-12-20-41)31-47(39-15-7-3-8-16-39)33-54(67)55-34-48(40-17-9-4-10-18-40)32-53(68(55)71)42-21-13-6-14-22-42/h3-22,31-38,43-46H,23-30H2,1-2H3. The Morgan fingerprint density at radius 2 is 0.767 bits per heavy atom. The smallest absolute Gasteiger partial charge is 0.261 e. The third kappa shape index (κ3) is 5.57. The quantitative estimate of drug-likeness (QED) is 0.161. The Kier molecular flexibility index (Phi) is 8.30. The summed E-state index contributed by atoms with van der Waals surface area (Å²) in [6.45, 7) is 5.22. The second kappa shape index (κ2) is 14.8. The first-order chi connectivity index (χ1) is 35.9. The van der Waals surface area contributed by atoms with Crippen molar-refractivity contribution >= 4 is 44.9 Å². The van der Waals surface area contributed by atoms with E-state index in [-0.39, 0.29) is 12.1 Å². The molecule has 6 aliphatic carbocycles. The van der Waals surface area contributed by atoms with Crippen LogP contribution in [0, 0.1) is 0 Å². The van der Waals surface area contributed by atoms with Crippen LogP contribution in [0.5, 0.6) is 23.0 Å². The third-order valence-electron chi connectivity index (χ3n) is 19.2. The average molecular weight is 940 g/mol. The Bertz CT molecular complexity index is 3750. The van der Waals surface area contributed by atoms with E-state index in [1.165, 1.54) is 134 Å². The molecule has 3 nitrogen and oxygen atoms in total.